The van der Waals surface area contributed by atoms with Gasteiger partial charge < -0.3 is 15.3 Å². The van der Waals surface area contributed by atoms with Crippen LogP contribution in [-0.4, -0.2) is 12.4 Å². The second kappa shape index (κ2) is 6.61. The predicted octanol–water partition coefficient (Wildman–Crippen LogP) is 2.19. The normalized spacial score (nSPS) is 11.8. The average Bonchev–Trinajstić information content (AvgIpc) is 2.29. The minimum Gasteiger partial charge on any atom is -0.442 e. The highest BCUT2D eigenvalue weighted by molar-refractivity contribution is 5.65. The number of rotatable bonds is 6. The molecule has 1 aromatic rings. The van der Waals surface area contributed by atoms with Crippen molar-refractivity contribution >= 4 is 12.4 Å². The topological polar surface area (TPSA) is 69.4 Å². The van der Waals surface area contributed by atoms with Crippen molar-refractivity contribution in [3.8, 4) is 0 Å². The third-order valence-electron chi connectivity index (χ3n) is 2.22. The van der Waals surface area contributed by atoms with Crippen LogP contribution in [0.4, 0.5) is 4.79 Å². The van der Waals surface area contributed by atoms with Crippen LogP contribution in [0, 0.1) is 0 Å². The van der Waals surface area contributed by atoms with Crippen molar-refractivity contribution in [1.82, 2.24) is 0 Å². The fourth-order valence-electron chi connectivity index (χ4n) is 1.49. The molecule has 4 nitrogen and oxygen atoms in total. The number of carbonyl (C=O) groups is 2. The van der Waals surface area contributed by atoms with E-state index in [2.05, 4.69) is 0 Å². The van der Waals surface area contributed by atoms with Gasteiger partial charge in [-0.2, -0.15) is 0 Å². The lowest BCUT2D eigenvalue weighted by Crippen LogP contribution is -2.17. The maximum absolute atomic E-state index is 10.7. The van der Waals surface area contributed by atoms with Crippen molar-refractivity contribution in [2.24, 2.45) is 5.73 Å². The molecule has 0 fully saturated rings. The molecule has 0 spiro atoms. The first-order valence-corrected chi connectivity index (χ1v) is 5.18. The molecule has 0 bridgehead atoms. The van der Waals surface area contributed by atoms with Gasteiger partial charge in [-0.25, -0.2) is 4.79 Å². The average molecular weight is 221 g/mol. The van der Waals surface area contributed by atoms with Gasteiger partial charge in [-0.05, 0) is 18.4 Å². The van der Waals surface area contributed by atoms with Gasteiger partial charge in [0.2, 0.25) is 0 Å². The molecule has 1 rings (SSSR count). The van der Waals surface area contributed by atoms with Crippen LogP contribution in [-0.2, 0) is 9.53 Å². The maximum atomic E-state index is 10.7. The Morgan fingerprint density at radius 2 is 2.06 bits per heavy atom. The van der Waals surface area contributed by atoms with E-state index in [1.807, 2.05) is 30.3 Å². The standard InChI is InChI=1S/C12H15NO3/c13-12(15)16-11(8-4-5-9-14)10-6-2-1-3-7-10/h1-3,6-7,9,11H,4-5,8H2,(H2,13,15). The van der Waals surface area contributed by atoms with Gasteiger partial charge in [0.05, 0.1) is 0 Å². The Labute approximate surface area is 94.4 Å². The zero-order chi connectivity index (χ0) is 11.8. The van der Waals surface area contributed by atoms with E-state index in [-0.39, 0.29) is 6.10 Å². The highest BCUT2D eigenvalue weighted by atomic mass is 16.6. The number of carbonyl (C=O) groups excluding carboxylic acids is 2. The number of unbranched alkanes of at least 4 members (excludes halogenated alkanes) is 1. The van der Waals surface area contributed by atoms with Crippen molar-refractivity contribution in [3.63, 3.8) is 0 Å². The third kappa shape index (κ3) is 4.13. The molecule has 16 heavy (non-hydrogen) atoms. The molecule has 1 atom stereocenters. The van der Waals surface area contributed by atoms with Gasteiger partial charge >= 0.3 is 6.09 Å². The lowest BCUT2D eigenvalue weighted by Gasteiger charge is -2.16. The third-order valence-corrected chi connectivity index (χ3v) is 2.22. The van der Waals surface area contributed by atoms with E-state index in [4.69, 9.17) is 10.5 Å². The number of aldehydes is 1. The highest BCUT2D eigenvalue weighted by Crippen LogP contribution is 2.22. The zero-order valence-electron chi connectivity index (χ0n) is 8.96. The number of amides is 1. The molecular weight excluding hydrogens is 206 g/mol. The summed E-state index contributed by atoms with van der Waals surface area (Å²) < 4.78 is 5.01. The van der Waals surface area contributed by atoms with Crippen molar-refractivity contribution in [1.29, 1.82) is 0 Å². The Kier molecular flexibility index (Phi) is 5.05. The Morgan fingerprint density at radius 1 is 1.38 bits per heavy atom. The van der Waals surface area contributed by atoms with Crippen LogP contribution in [0.2, 0.25) is 0 Å². The van der Waals surface area contributed by atoms with Gasteiger partial charge in [-0.1, -0.05) is 30.3 Å². The van der Waals surface area contributed by atoms with Gasteiger partial charge in [0.1, 0.15) is 12.4 Å². The van der Waals surface area contributed by atoms with E-state index in [0.717, 1.165) is 11.8 Å². The molecular formula is C12H15NO3. The molecule has 0 aliphatic carbocycles. The summed E-state index contributed by atoms with van der Waals surface area (Å²) in [7, 11) is 0. The molecule has 0 saturated heterocycles. The number of nitrogens with two attached hydrogens (primary N) is 1. The highest BCUT2D eigenvalue weighted by Gasteiger charge is 2.14. The molecule has 1 unspecified atom stereocenters. The summed E-state index contributed by atoms with van der Waals surface area (Å²) in [6.07, 6.45) is 1.44. The smallest absolute Gasteiger partial charge is 0.405 e. The quantitative estimate of drug-likeness (QED) is 0.591. The van der Waals surface area contributed by atoms with E-state index in [9.17, 15) is 9.59 Å². The summed E-state index contributed by atoms with van der Waals surface area (Å²) in [5.41, 5.74) is 5.90. The molecule has 0 aliphatic heterocycles. The monoisotopic (exact) mass is 221 g/mol. The van der Waals surface area contributed by atoms with E-state index in [0.29, 0.717) is 19.3 Å². The first-order valence-electron chi connectivity index (χ1n) is 5.18. The number of ether oxygens (including phenoxy) is 1. The van der Waals surface area contributed by atoms with Crippen LogP contribution in [0.1, 0.15) is 30.9 Å². The van der Waals surface area contributed by atoms with Crippen LogP contribution in [0.3, 0.4) is 0 Å². The molecule has 2 N–H and O–H groups in total. The second-order valence-corrected chi connectivity index (χ2v) is 3.43. The Bertz CT molecular complexity index is 337. The number of hydrogen-bond donors (Lipinski definition) is 1. The fourth-order valence-corrected chi connectivity index (χ4v) is 1.49. The molecule has 0 saturated carbocycles. The van der Waals surface area contributed by atoms with E-state index in [1.54, 1.807) is 0 Å². The van der Waals surface area contributed by atoms with Gasteiger partial charge in [0, 0.05) is 6.42 Å². The van der Waals surface area contributed by atoms with Crippen molar-refractivity contribution in [2.75, 3.05) is 0 Å². The Balaban J connectivity index is 2.63. The first kappa shape index (κ1) is 12.2. The first-order chi connectivity index (χ1) is 7.74. The van der Waals surface area contributed by atoms with Crippen molar-refractivity contribution < 1.29 is 14.3 Å². The number of primary amides is 1. The summed E-state index contributed by atoms with van der Waals surface area (Å²) >= 11 is 0. The number of benzene rings is 1. The van der Waals surface area contributed by atoms with Crippen LogP contribution in [0.5, 0.6) is 0 Å². The Morgan fingerprint density at radius 3 is 2.62 bits per heavy atom. The van der Waals surface area contributed by atoms with Gasteiger partial charge in [0.15, 0.2) is 0 Å². The lowest BCUT2D eigenvalue weighted by molar-refractivity contribution is -0.108. The van der Waals surface area contributed by atoms with E-state index >= 15 is 0 Å². The van der Waals surface area contributed by atoms with Crippen molar-refractivity contribution in [2.45, 2.75) is 25.4 Å². The molecule has 86 valence electrons. The van der Waals surface area contributed by atoms with Crippen molar-refractivity contribution in [3.05, 3.63) is 35.9 Å². The summed E-state index contributed by atoms with van der Waals surface area (Å²) in [6, 6.07) is 9.36. The lowest BCUT2D eigenvalue weighted by atomic mass is 10.0. The molecule has 0 aromatic heterocycles. The molecule has 0 radical (unpaired) electrons. The predicted molar refractivity (Wildman–Crippen MR) is 59.8 cm³/mol. The van der Waals surface area contributed by atoms with Gasteiger partial charge in [-0.15, -0.1) is 0 Å². The van der Waals surface area contributed by atoms with Crippen LogP contribution >= 0.6 is 0 Å². The summed E-state index contributed by atoms with van der Waals surface area (Å²) in [5, 5.41) is 0. The van der Waals surface area contributed by atoms with Crippen LogP contribution in [0.15, 0.2) is 30.3 Å². The molecule has 1 amide bonds. The van der Waals surface area contributed by atoms with Gasteiger partial charge in [-0.3, -0.25) is 0 Å². The molecule has 1 aromatic carbocycles. The fraction of sp³-hybridized carbons (Fsp3) is 0.333. The van der Waals surface area contributed by atoms with Gasteiger partial charge in [0.25, 0.3) is 0 Å². The number of hydrogen-bond acceptors (Lipinski definition) is 3. The van der Waals surface area contributed by atoms with Crippen LogP contribution in [0.25, 0.3) is 0 Å². The molecule has 4 heteroatoms. The largest absolute Gasteiger partial charge is 0.442 e. The summed E-state index contributed by atoms with van der Waals surface area (Å²) in [4.78, 5) is 21.0. The minimum absolute atomic E-state index is 0.362. The van der Waals surface area contributed by atoms with Crippen LogP contribution < -0.4 is 5.73 Å². The summed E-state index contributed by atoms with van der Waals surface area (Å²) in [6.45, 7) is 0. The van der Waals surface area contributed by atoms with E-state index < -0.39 is 6.09 Å². The summed E-state index contributed by atoms with van der Waals surface area (Å²) in [5.74, 6) is 0. The zero-order valence-corrected chi connectivity index (χ0v) is 8.96. The second-order valence-electron chi connectivity index (χ2n) is 3.43. The molecule has 0 heterocycles. The Hall–Kier alpha value is -1.84. The van der Waals surface area contributed by atoms with E-state index in [1.165, 1.54) is 0 Å². The minimum atomic E-state index is -0.792. The SMILES string of the molecule is NC(=O)OC(CCCC=O)c1ccccc1. The maximum Gasteiger partial charge on any atom is 0.405 e. The molecule has 0 aliphatic rings.